The quantitative estimate of drug-likeness (QED) is 0.697. The Morgan fingerprint density at radius 3 is 2.72 bits per heavy atom. The summed E-state index contributed by atoms with van der Waals surface area (Å²) in [7, 11) is 1.59. The number of ether oxygens (including phenoxy) is 1. The van der Waals surface area contributed by atoms with Gasteiger partial charge in [-0.15, -0.1) is 11.3 Å². The van der Waals surface area contributed by atoms with Crippen LogP contribution in [-0.2, 0) is 17.9 Å². The number of aromatic nitrogens is 2. The van der Waals surface area contributed by atoms with Gasteiger partial charge in [-0.2, -0.15) is 0 Å². The van der Waals surface area contributed by atoms with E-state index in [4.69, 9.17) is 4.74 Å². The Kier molecular flexibility index (Phi) is 4.99. The predicted molar refractivity (Wildman–Crippen MR) is 96.2 cm³/mol. The van der Waals surface area contributed by atoms with E-state index >= 15 is 0 Å². The summed E-state index contributed by atoms with van der Waals surface area (Å²) in [5, 5.41) is 4.52. The van der Waals surface area contributed by atoms with Gasteiger partial charge >= 0.3 is 5.69 Å². The van der Waals surface area contributed by atoms with Gasteiger partial charge in [0.15, 0.2) is 0 Å². The van der Waals surface area contributed by atoms with Gasteiger partial charge in [-0.1, -0.05) is 12.1 Å². The summed E-state index contributed by atoms with van der Waals surface area (Å²) in [6.07, 6.45) is 0.0516. The van der Waals surface area contributed by atoms with Crippen molar-refractivity contribution in [1.29, 1.82) is 0 Å². The van der Waals surface area contributed by atoms with Crippen LogP contribution in [0.15, 0.2) is 45.3 Å². The highest BCUT2D eigenvalue weighted by Crippen LogP contribution is 2.12. The molecular weight excluding hydrogens is 342 g/mol. The number of H-pyrrole nitrogens is 1. The number of hydrogen-bond donors (Lipinski definition) is 2. The third-order valence-corrected chi connectivity index (χ3v) is 4.70. The first kappa shape index (κ1) is 17.0. The predicted octanol–water partition coefficient (Wildman–Crippen LogP) is 1.47. The Bertz CT molecular complexity index is 1000. The van der Waals surface area contributed by atoms with Gasteiger partial charge in [0.2, 0.25) is 5.91 Å². The van der Waals surface area contributed by atoms with Gasteiger partial charge in [-0.25, -0.2) is 4.79 Å². The molecule has 3 aromatic rings. The third kappa shape index (κ3) is 3.80. The topological polar surface area (TPSA) is 93.2 Å². The van der Waals surface area contributed by atoms with Crippen molar-refractivity contribution in [3.8, 4) is 5.75 Å². The monoisotopic (exact) mass is 359 g/mol. The van der Waals surface area contributed by atoms with Crippen LogP contribution in [-0.4, -0.2) is 22.6 Å². The zero-order chi connectivity index (χ0) is 17.8. The van der Waals surface area contributed by atoms with E-state index in [0.29, 0.717) is 16.8 Å². The number of nitrogens with zero attached hydrogens (tertiary/aromatic N) is 1. The molecular formula is C17H17N3O4S. The fourth-order valence-electron chi connectivity index (χ4n) is 2.42. The Morgan fingerprint density at radius 2 is 2.00 bits per heavy atom. The summed E-state index contributed by atoms with van der Waals surface area (Å²) in [6, 6.07) is 9.04. The molecule has 1 amide bonds. The molecule has 0 aliphatic rings. The van der Waals surface area contributed by atoms with Crippen LogP contribution in [0.25, 0.3) is 10.2 Å². The smallest absolute Gasteiger partial charge is 0.328 e. The van der Waals surface area contributed by atoms with E-state index in [-0.39, 0.29) is 24.4 Å². The Labute approximate surface area is 146 Å². The molecule has 0 aliphatic carbocycles. The second-order valence-corrected chi connectivity index (χ2v) is 6.34. The van der Waals surface area contributed by atoms with Crippen LogP contribution in [0.4, 0.5) is 0 Å². The standard InChI is InChI=1S/C17H17N3O4S/c1-24-12-4-2-11(3-5-12)10-18-14(21)6-8-20-16(22)15-13(7-9-25-15)19-17(20)23/h2-5,7,9H,6,8,10H2,1H3,(H,18,21)(H,19,23). The molecule has 0 atom stereocenters. The number of rotatable bonds is 6. The summed E-state index contributed by atoms with van der Waals surface area (Å²) >= 11 is 1.27. The molecule has 3 rings (SSSR count). The van der Waals surface area contributed by atoms with Gasteiger partial charge in [0.1, 0.15) is 10.4 Å². The highest BCUT2D eigenvalue weighted by molar-refractivity contribution is 7.17. The van der Waals surface area contributed by atoms with Crippen molar-refractivity contribution in [3.63, 3.8) is 0 Å². The van der Waals surface area contributed by atoms with Gasteiger partial charge in [0, 0.05) is 19.5 Å². The van der Waals surface area contributed by atoms with Crippen molar-refractivity contribution in [3.05, 3.63) is 62.1 Å². The van der Waals surface area contributed by atoms with Crippen LogP contribution >= 0.6 is 11.3 Å². The molecule has 7 nitrogen and oxygen atoms in total. The Morgan fingerprint density at radius 1 is 1.24 bits per heavy atom. The minimum absolute atomic E-state index is 0.0381. The van der Waals surface area contributed by atoms with Crippen molar-refractivity contribution in [1.82, 2.24) is 14.9 Å². The van der Waals surface area contributed by atoms with E-state index in [1.54, 1.807) is 18.6 Å². The molecule has 2 N–H and O–H groups in total. The lowest BCUT2D eigenvalue weighted by Crippen LogP contribution is -2.36. The third-order valence-electron chi connectivity index (χ3n) is 3.80. The minimum atomic E-state index is -0.501. The molecule has 0 bridgehead atoms. The molecule has 8 heteroatoms. The number of carbonyl (C=O) groups excluding carboxylic acids is 1. The number of thiophene rings is 1. The molecule has 0 fully saturated rings. The lowest BCUT2D eigenvalue weighted by atomic mass is 10.2. The molecule has 130 valence electrons. The van der Waals surface area contributed by atoms with Crippen LogP contribution in [0.3, 0.4) is 0 Å². The molecule has 0 radical (unpaired) electrons. The maximum absolute atomic E-state index is 12.3. The van der Waals surface area contributed by atoms with E-state index in [0.717, 1.165) is 15.9 Å². The molecule has 0 aliphatic heterocycles. The van der Waals surface area contributed by atoms with Crippen molar-refractivity contribution >= 4 is 27.5 Å². The average Bonchev–Trinajstić information content (AvgIpc) is 3.08. The molecule has 0 spiro atoms. The Hall–Kier alpha value is -2.87. The summed E-state index contributed by atoms with van der Waals surface area (Å²) in [5.74, 6) is 0.519. The highest BCUT2D eigenvalue weighted by atomic mass is 32.1. The second-order valence-electron chi connectivity index (χ2n) is 5.43. The minimum Gasteiger partial charge on any atom is -0.497 e. The van der Waals surface area contributed by atoms with Gasteiger partial charge in [-0.05, 0) is 29.1 Å². The average molecular weight is 359 g/mol. The SMILES string of the molecule is COc1ccc(CNC(=O)CCn2c(=O)[nH]c3ccsc3c2=O)cc1. The van der Waals surface area contributed by atoms with Gasteiger partial charge in [-0.3, -0.25) is 14.2 Å². The molecule has 0 unspecified atom stereocenters. The van der Waals surface area contributed by atoms with Crippen LogP contribution < -0.4 is 21.3 Å². The molecule has 1 aromatic carbocycles. The number of nitrogens with one attached hydrogen (secondary N) is 2. The van der Waals surface area contributed by atoms with Gasteiger partial charge in [0.25, 0.3) is 5.56 Å². The van der Waals surface area contributed by atoms with E-state index < -0.39 is 5.69 Å². The van der Waals surface area contributed by atoms with E-state index in [2.05, 4.69) is 10.3 Å². The van der Waals surface area contributed by atoms with Crippen LogP contribution in [0.2, 0.25) is 0 Å². The van der Waals surface area contributed by atoms with E-state index in [1.165, 1.54) is 11.3 Å². The molecule has 0 saturated heterocycles. The van der Waals surface area contributed by atoms with Crippen LogP contribution in [0.1, 0.15) is 12.0 Å². The van der Waals surface area contributed by atoms with Crippen molar-refractivity contribution in [2.24, 2.45) is 0 Å². The molecule has 2 heterocycles. The first-order chi connectivity index (χ1) is 12.1. The second kappa shape index (κ2) is 7.35. The Balaban J connectivity index is 1.60. The van der Waals surface area contributed by atoms with Crippen LogP contribution in [0.5, 0.6) is 5.75 Å². The number of benzene rings is 1. The largest absolute Gasteiger partial charge is 0.497 e. The van der Waals surface area contributed by atoms with E-state index in [9.17, 15) is 14.4 Å². The van der Waals surface area contributed by atoms with Crippen molar-refractivity contribution in [2.75, 3.05) is 7.11 Å². The number of fused-ring (bicyclic) bond motifs is 1. The lowest BCUT2D eigenvalue weighted by Gasteiger charge is -2.07. The summed E-state index contributed by atoms with van der Waals surface area (Å²) in [6.45, 7) is 0.411. The maximum atomic E-state index is 12.3. The summed E-state index contributed by atoms with van der Waals surface area (Å²) in [4.78, 5) is 38.9. The molecule has 25 heavy (non-hydrogen) atoms. The zero-order valence-electron chi connectivity index (χ0n) is 13.6. The van der Waals surface area contributed by atoms with Crippen molar-refractivity contribution in [2.45, 2.75) is 19.5 Å². The highest BCUT2D eigenvalue weighted by Gasteiger charge is 2.10. The molecule has 0 saturated carbocycles. The summed E-state index contributed by atoms with van der Waals surface area (Å²) in [5.41, 5.74) is 0.597. The normalized spacial score (nSPS) is 10.8. The van der Waals surface area contributed by atoms with Gasteiger partial charge in [0.05, 0.1) is 12.6 Å². The van der Waals surface area contributed by atoms with Crippen molar-refractivity contribution < 1.29 is 9.53 Å². The lowest BCUT2D eigenvalue weighted by molar-refractivity contribution is -0.121. The maximum Gasteiger partial charge on any atom is 0.328 e. The molecule has 2 aromatic heterocycles. The number of carbonyl (C=O) groups is 1. The number of hydrogen-bond acceptors (Lipinski definition) is 5. The number of amides is 1. The fraction of sp³-hybridized carbons (Fsp3) is 0.235. The van der Waals surface area contributed by atoms with Crippen LogP contribution in [0, 0.1) is 0 Å². The summed E-state index contributed by atoms with van der Waals surface area (Å²) < 4.78 is 6.62. The first-order valence-corrected chi connectivity index (χ1v) is 8.56. The van der Waals surface area contributed by atoms with E-state index in [1.807, 2.05) is 24.3 Å². The zero-order valence-corrected chi connectivity index (χ0v) is 14.4. The number of aromatic amines is 1. The number of methoxy groups -OCH3 is 1. The van der Waals surface area contributed by atoms with Gasteiger partial charge < -0.3 is 15.0 Å². The fourth-order valence-corrected chi connectivity index (χ4v) is 3.22. The first-order valence-electron chi connectivity index (χ1n) is 7.68.